The van der Waals surface area contributed by atoms with Crippen molar-refractivity contribution < 1.29 is 22.7 Å². The number of carbonyl (C=O) groups excluding carboxylic acids is 1. The lowest BCUT2D eigenvalue weighted by Crippen LogP contribution is -2.38. The highest BCUT2D eigenvalue weighted by atomic mass is 19.4. The molecule has 0 aliphatic heterocycles. The van der Waals surface area contributed by atoms with Crippen molar-refractivity contribution in [2.24, 2.45) is 5.92 Å². The van der Waals surface area contributed by atoms with Gasteiger partial charge in [0, 0.05) is 43.8 Å². The summed E-state index contributed by atoms with van der Waals surface area (Å²) < 4.78 is 43.2. The first-order valence-electron chi connectivity index (χ1n) is 7.96. The number of rotatable bonds is 8. The molecule has 2 amide bonds. The minimum atomic E-state index is -4.45. The summed E-state index contributed by atoms with van der Waals surface area (Å²) in [5.74, 6) is 0.00176. The smallest absolute Gasteiger partial charge is 0.422 e. The van der Waals surface area contributed by atoms with Crippen LogP contribution < -0.4 is 15.4 Å². The molecule has 0 aromatic carbocycles. The second-order valence-corrected chi connectivity index (χ2v) is 5.77. The van der Waals surface area contributed by atoms with Gasteiger partial charge in [0.2, 0.25) is 5.88 Å². The van der Waals surface area contributed by atoms with Crippen LogP contribution in [0.3, 0.4) is 0 Å². The maximum absolute atomic E-state index is 12.3. The van der Waals surface area contributed by atoms with Gasteiger partial charge in [0.1, 0.15) is 0 Å². The topological polar surface area (TPSA) is 81.1 Å². The number of ether oxygens (including phenoxy) is 1. The average molecular weight is 371 g/mol. The zero-order valence-corrected chi connectivity index (χ0v) is 14.2. The molecule has 26 heavy (non-hydrogen) atoms. The van der Waals surface area contributed by atoms with Gasteiger partial charge in [0.25, 0.3) is 0 Å². The summed E-state index contributed by atoms with van der Waals surface area (Å²) in [4.78, 5) is 15.6. The highest BCUT2D eigenvalue weighted by molar-refractivity contribution is 5.73. The Kier molecular flexibility index (Phi) is 6.81. The monoisotopic (exact) mass is 371 g/mol. The quantitative estimate of drug-likeness (QED) is 0.746. The Morgan fingerprint density at radius 3 is 2.81 bits per heavy atom. The van der Waals surface area contributed by atoms with Crippen LogP contribution >= 0.6 is 0 Å². The summed E-state index contributed by atoms with van der Waals surface area (Å²) >= 11 is 0. The van der Waals surface area contributed by atoms with Crippen LogP contribution in [0.5, 0.6) is 5.88 Å². The lowest BCUT2D eigenvalue weighted by atomic mass is 10.2. The van der Waals surface area contributed by atoms with Crippen molar-refractivity contribution in [1.82, 2.24) is 25.4 Å². The molecule has 1 atom stereocenters. The number of hydrogen-bond acceptors (Lipinski definition) is 4. The van der Waals surface area contributed by atoms with Crippen LogP contribution in [0.1, 0.15) is 12.5 Å². The number of hydrogen-bond donors (Lipinski definition) is 2. The van der Waals surface area contributed by atoms with Crippen LogP contribution in [0.15, 0.2) is 36.8 Å². The van der Waals surface area contributed by atoms with Gasteiger partial charge in [-0.05, 0) is 18.1 Å². The molecule has 2 aromatic heterocycles. The zero-order valence-electron chi connectivity index (χ0n) is 14.2. The highest BCUT2D eigenvalue weighted by Crippen LogP contribution is 2.19. The normalized spacial score (nSPS) is 12.5. The van der Waals surface area contributed by atoms with Crippen LogP contribution in [0.2, 0.25) is 0 Å². The molecule has 2 N–H and O–H groups in total. The van der Waals surface area contributed by atoms with Crippen LogP contribution in [0, 0.1) is 5.92 Å². The van der Waals surface area contributed by atoms with Crippen LogP contribution in [-0.4, -0.2) is 40.1 Å². The van der Waals surface area contributed by atoms with E-state index in [2.05, 4.69) is 25.5 Å². The Hall–Kier alpha value is -2.78. The maximum atomic E-state index is 12.3. The summed E-state index contributed by atoms with van der Waals surface area (Å²) in [5, 5.41) is 9.38. The number of aromatic nitrogens is 3. The number of nitrogens with zero attached hydrogens (tertiary/aromatic N) is 3. The van der Waals surface area contributed by atoms with E-state index in [9.17, 15) is 18.0 Å². The Labute approximate surface area is 148 Å². The molecule has 0 aliphatic rings. The third-order valence-corrected chi connectivity index (χ3v) is 3.33. The predicted octanol–water partition coefficient (Wildman–Crippen LogP) is 2.35. The fourth-order valence-electron chi connectivity index (χ4n) is 2.14. The number of carbonyl (C=O) groups is 1. The first-order chi connectivity index (χ1) is 12.3. The van der Waals surface area contributed by atoms with E-state index < -0.39 is 18.8 Å². The second kappa shape index (κ2) is 9.07. The van der Waals surface area contributed by atoms with E-state index in [1.165, 1.54) is 6.20 Å². The summed E-state index contributed by atoms with van der Waals surface area (Å²) in [5.41, 5.74) is 0.358. The minimum absolute atomic E-state index is 0.000398. The van der Waals surface area contributed by atoms with E-state index in [1.54, 1.807) is 23.0 Å². The van der Waals surface area contributed by atoms with Gasteiger partial charge >= 0.3 is 12.2 Å². The van der Waals surface area contributed by atoms with E-state index in [0.717, 1.165) is 0 Å². The van der Waals surface area contributed by atoms with Gasteiger partial charge in [-0.3, -0.25) is 4.68 Å². The van der Waals surface area contributed by atoms with Gasteiger partial charge in [0.15, 0.2) is 6.61 Å². The van der Waals surface area contributed by atoms with Gasteiger partial charge in [-0.1, -0.05) is 13.0 Å². The number of halogens is 3. The van der Waals surface area contributed by atoms with Crippen molar-refractivity contribution in [3.8, 4) is 5.88 Å². The predicted molar refractivity (Wildman–Crippen MR) is 87.4 cm³/mol. The molecule has 142 valence electrons. The molecule has 1 unspecified atom stereocenters. The Morgan fingerprint density at radius 2 is 2.12 bits per heavy atom. The second-order valence-electron chi connectivity index (χ2n) is 5.77. The standard InChI is InChI=1S/C16H20F3N5O2/c1-12(10-24-7-3-6-23-24)8-21-15(25)22-9-13-4-2-5-20-14(13)26-11-16(17,18)19/h2-7,12H,8-11H2,1H3,(H2,21,22,25). The lowest BCUT2D eigenvalue weighted by molar-refractivity contribution is -0.154. The maximum Gasteiger partial charge on any atom is 0.422 e. The molecule has 0 aliphatic carbocycles. The molecule has 7 nitrogen and oxygen atoms in total. The Balaban J connectivity index is 1.76. The Bertz CT molecular complexity index is 691. The highest BCUT2D eigenvalue weighted by Gasteiger charge is 2.29. The molecular formula is C16H20F3N5O2. The SMILES string of the molecule is CC(CNC(=O)NCc1cccnc1OCC(F)(F)F)Cn1cccn1. The van der Waals surface area contributed by atoms with E-state index in [4.69, 9.17) is 0 Å². The number of urea groups is 1. The van der Waals surface area contributed by atoms with E-state index >= 15 is 0 Å². The zero-order chi connectivity index (χ0) is 19.0. The van der Waals surface area contributed by atoms with E-state index in [1.807, 2.05) is 19.2 Å². The van der Waals surface area contributed by atoms with E-state index in [0.29, 0.717) is 18.7 Å². The molecule has 0 fully saturated rings. The molecule has 0 saturated carbocycles. The third kappa shape index (κ3) is 6.99. The van der Waals surface area contributed by atoms with Crippen LogP contribution in [0.4, 0.5) is 18.0 Å². The van der Waals surface area contributed by atoms with Crippen molar-refractivity contribution >= 4 is 6.03 Å². The molecule has 10 heteroatoms. The summed E-state index contributed by atoms with van der Waals surface area (Å²) in [6, 6.07) is 4.49. The first kappa shape index (κ1) is 19.5. The number of amides is 2. The van der Waals surface area contributed by atoms with E-state index in [-0.39, 0.29) is 18.3 Å². The van der Waals surface area contributed by atoms with Gasteiger partial charge in [-0.15, -0.1) is 0 Å². The summed E-state index contributed by atoms with van der Waals surface area (Å²) in [7, 11) is 0. The number of pyridine rings is 1. The van der Waals surface area contributed by atoms with Crippen molar-refractivity contribution in [1.29, 1.82) is 0 Å². The Morgan fingerprint density at radius 1 is 1.31 bits per heavy atom. The molecule has 2 rings (SSSR count). The molecule has 0 spiro atoms. The van der Waals surface area contributed by atoms with Crippen molar-refractivity contribution in [3.63, 3.8) is 0 Å². The molecule has 2 aromatic rings. The van der Waals surface area contributed by atoms with Crippen molar-refractivity contribution in [3.05, 3.63) is 42.4 Å². The largest absolute Gasteiger partial charge is 0.468 e. The molecule has 0 radical (unpaired) electrons. The van der Waals surface area contributed by atoms with Gasteiger partial charge in [-0.2, -0.15) is 18.3 Å². The van der Waals surface area contributed by atoms with Gasteiger partial charge in [-0.25, -0.2) is 9.78 Å². The fraction of sp³-hybridized carbons (Fsp3) is 0.438. The fourth-order valence-corrected chi connectivity index (χ4v) is 2.14. The van der Waals surface area contributed by atoms with Crippen LogP contribution in [-0.2, 0) is 13.1 Å². The molecule has 2 heterocycles. The third-order valence-electron chi connectivity index (χ3n) is 3.33. The molecular weight excluding hydrogens is 351 g/mol. The van der Waals surface area contributed by atoms with Crippen molar-refractivity contribution in [2.75, 3.05) is 13.2 Å². The average Bonchev–Trinajstić information content (AvgIpc) is 3.09. The van der Waals surface area contributed by atoms with Gasteiger partial charge < -0.3 is 15.4 Å². The summed E-state index contributed by atoms with van der Waals surface area (Å²) in [6.45, 7) is 1.61. The first-order valence-corrected chi connectivity index (χ1v) is 7.96. The summed E-state index contributed by atoms with van der Waals surface area (Å²) in [6.07, 6.45) is 0.386. The number of alkyl halides is 3. The molecule has 0 bridgehead atoms. The number of nitrogens with one attached hydrogen (secondary N) is 2. The van der Waals surface area contributed by atoms with Crippen molar-refractivity contribution in [2.45, 2.75) is 26.2 Å². The molecule has 0 saturated heterocycles. The lowest BCUT2D eigenvalue weighted by Gasteiger charge is -2.15. The minimum Gasteiger partial charge on any atom is -0.468 e. The van der Waals surface area contributed by atoms with Crippen LogP contribution in [0.25, 0.3) is 0 Å². The van der Waals surface area contributed by atoms with Gasteiger partial charge in [0.05, 0.1) is 0 Å².